The summed E-state index contributed by atoms with van der Waals surface area (Å²) in [7, 11) is 1.61. The molecule has 1 aliphatic rings. The van der Waals surface area contributed by atoms with Gasteiger partial charge in [-0.1, -0.05) is 4.49 Å². The molecule has 0 atom stereocenters. The van der Waals surface area contributed by atoms with Gasteiger partial charge in [0.25, 0.3) is 5.91 Å². The van der Waals surface area contributed by atoms with Crippen LogP contribution in [0, 0.1) is 0 Å². The summed E-state index contributed by atoms with van der Waals surface area (Å²) in [6.07, 6.45) is 3.65. The number of aromatic nitrogens is 2. The molecule has 2 heterocycles. The lowest BCUT2D eigenvalue weighted by Crippen LogP contribution is -2.31. The molecule has 1 N–H and O–H groups in total. The van der Waals surface area contributed by atoms with Crippen molar-refractivity contribution in [2.45, 2.75) is 19.3 Å². The van der Waals surface area contributed by atoms with Crippen LogP contribution in [0.25, 0.3) is 0 Å². The molecule has 1 saturated heterocycles. The molecule has 1 aliphatic heterocycles. The summed E-state index contributed by atoms with van der Waals surface area (Å²) < 4.78 is 3.86. The molecule has 0 bridgehead atoms. The fourth-order valence-electron chi connectivity index (χ4n) is 1.75. The van der Waals surface area contributed by atoms with Gasteiger partial charge in [-0.05, 0) is 19.3 Å². The lowest BCUT2D eigenvalue weighted by Gasteiger charge is -2.26. The SMILES string of the molecule is CNC(=O)c1nnsc1N1CCCCC1. The standard InChI is InChI=1S/C9H14N4OS/c1-10-8(14)7-9(15-12-11-7)13-5-3-2-4-6-13/h2-6H2,1H3,(H,10,14). The summed E-state index contributed by atoms with van der Waals surface area (Å²) in [4.78, 5) is 13.7. The van der Waals surface area contributed by atoms with E-state index in [1.54, 1.807) is 7.05 Å². The number of rotatable bonds is 2. The number of hydrogen-bond acceptors (Lipinski definition) is 5. The first-order valence-electron chi connectivity index (χ1n) is 5.12. The quantitative estimate of drug-likeness (QED) is 0.813. The van der Waals surface area contributed by atoms with Crippen LogP contribution in [-0.4, -0.2) is 35.6 Å². The van der Waals surface area contributed by atoms with Crippen LogP contribution in [0.1, 0.15) is 29.8 Å². The molecule has 0 aliphatic carbocycles. The average molecular weight is 226 g/mol. The van der Waals surface area contributed by atoms with Crippen molar-refractivity contribution in [1.29, 1.82) is 0 Å². The van der Waals surface area contributed by atoms with E-state index in [4.69, 9.17) is 0 Å². The topological polar surface area (TPSA) is 58.1 Å². The van der Waals surface area contributed by atoms with E-state index in [0.717, 1.165) is 18.1 Å². The fraction of sp³-hybridized carbons (Fsp3) is 0.667. The van der Waals surface area contributed by atoms with Crippen molar-refractivity contribution in [2.75, 3.05) is 25.0 Å². The highest BCUT2D eigenvalue weighted by molar-refractivity contribution is 7.10. The molecule has 6 heteroatoms. The highest BCUT2D eigenvalue weighted by atomic mass is 32.1. The lowest BCUT2D eigenvalue weighted by molar-refractivity contribution is 0.0958. The maximum absolute atomic E-state index is 11.5. The van der Waals surface area contributed by atoms with Crippen LogP contribution in [0.15, 0.2) is 0 Å². The first-order chi connectivity index (χ1) is 7.33. The number of nitrogens with zero attached hydrogens (tertiary/aromatic N) is 3. The van der Waals surface area contributed by atoms with Gasteiger partial charge in [-0.15, -0.1) is 5.10 Å². The van der Waals surface area contributed by atoms with E-state index in [9.17, 15) is 4.79 Å². The Morgan fingerprint density at radius 3 is 2.80 bits per heavy atom. The van der Waals surface area contributed by atoms with Crippen LogP contribution in [0.5, 0.6) is 0 Å². The largest absolute Gasteiger partial charge is 0.360 e. The Labute approximate surface area is 92.6 Å². The van der Waals surface area contributed by atoms with Crippen molar-refractivity contribution < 1.29 is 4.79 Å². The van der Waals surface area contributed by atoms with Crippen LogP contribution in [-0.2, 0) is 0 Å². The highest BCUT2D eigenvalue weighted by Gasteiger charge is 2.21. The molecule has 1 aromatic heterocycles. The van der Waals surface area contributed by atoms with E-state index in [1.807, 2.05) is 0 Å². The van der Waals surface area contributed by atoms with Crippen molar-refractivity contribution in [3.63, 3.8) is 0 Å². The summed E-state index contributed by atoms with van der Waals surface area (Å²) >= 11 is 1.30. The molecular weight excluding hydrogens is 212 g/mol. The van der Waals surface area contributed by atoms with Gasteiger partial charge in [-0.3, -0.25) is 4.79 Å². The summed E-state index contributed by atoms with van der Waals surface area (Å²) in [5.74, 6) is -0.149. The summed E-state index contributed by atoms with van der Waals surface area (Å²) in [5.41, 5.74) is 0.462. The Bertz CT molecular complexity index is 346. The monoisotopic (exact) mass is 226 g/mol. The first-order valence-corrected chi connectivity index (χ1v) is 5.89. The number of carbonyl (C=O) groups excluding carboxylic acids is 1. The normalized spacial score (nSPS) is 16.5. The zero-order chi connectivity index (χ0) is 10.7. The molecule has 82 valence electrons. The molecule has 5 nitrogen and oxygen atoms in total. The Morgan fingerprint density at radius 1 is 1.40 bits per heavy atom. The average Bonchev–Trinajstić information content (AvgIpc) is 2.78. The van der Waals surface area contributed by atoms with Gasteiger partial charge >= 0.3 is 0 Å². The number of amides is 1. The van der Waals surface area contributed by atoms with Crippen molar-refractivity contribution >= 4 is 22.4 Å². The van der Waals surface area contributed by atoms with E-state index < -0.39 is 0 Å². The van der Waals surface area contributed by atoms with Crippen LogP contribution in [0.2, 0.25) is 0 Å². The predicted octanol–water partition coefficient (Wildman–Crippen LogP) is 0.888. The fourth-order valence-corrected chi connectivity index (χ4v) is 2.47. The molecule has 1 amide bonds. The van der Waals surface area contributed by atoms with E-state index in [2.05, 4.69) is 19.8 Å². The van der Waals surface area contributed by atoms with Gasteiger partial charge in [0.15, 0.2) is 5.69 Å². The van der Waals surface area contributed by atoms with Gasteiger partial charge in [-0.25, -0.2) is 0 Å². The minimum Gasteiger partial charge on any atom is -0.360 e. The van der Waals surface area contributed by atoms with Gasteiger partial charge in [0, 0.05) is 31.7 Å². The molecule has 15 heavy (non-hydrogen) atoms. The second-order valence-electron chi connectivity index (χ2n) is 3.55. The van der Waals surface area contributed by atoms with Gasteiger partial charge in [0.2, 0.25) is 0 Å². The Balaban J connectivity index is 2.19. The van der Waals surface area contributed by atoms with Crippen LogP contribution in [0.4, 0.5) is 5.00 Å². The van der Waals surface area contributed by atoms with Crippen molar-refractivity contribution in [2.24, 2.45) is 0 Å². The minimum absolute atomic E-state index is 0.149. The van der Waals surface area contributed by atoms with Crippen molar-refractivity contribution in [3.05, 3.63) is 5.69 Å². The maximum Gasteiger partial charge on any atom is 0.274 e. The number of piperidine rings is 1. The maximum atomic E-state index is 11.5. The molecule has 1 fully saturated rings. The first kappa shape index (κ1) is 10.4. The Morgan fingerprint density at radius 2 is 2.13 bits per heavy atom. The summed E-state index contributed by atoms with van der Waals surface area (Å²) in [5, 5.41) is 7.37. The molecular formula is C9H14N4OS. The second kappa shape index (κ2) is 4.57. The smallest absolute Gasteiger partial charge is 0.274 e. The third kappa shape index (κ3) is 2.09. The number of nitrogens with one attached hydrogen (secondary N) is 1. The van der Waals surface area contributed by atoms with E-state index in [-0.39, 0.29) is 5.91 Å². The molecule has 1 aromatic rings. The summed E-state index contributed by atoms with van der Waals surface area (Å²) in [6, 6.07) is 0. The van der Waals surface area contributed by atoms with Gasteiger partial charge in [0.1, 0.15) is 5.00 Å². The number of hydrogen-bond donors (Lipinski definition) is 1. The second-order valence-corrected chi connectivity index (χ2v) is 4.29. The zero-order valence-electron chi connectivity index (χ0n) is 8.69. The molecule has 0 saturated carbocycles. The summed E-state index contributed by atoms with van der Waals surface area (Å²) in [6.45, 7) is 2.02. The molecule has 0 aromatic carbocycles. The number of carbonyl (C=O) groups is 1. The zero-order valence-corrected chi connectivity index (χ0v) is 9.51. The van der Waals surface area contributed by atoms with Gasteiger partial charge in [-0.2, -0.15) is 0 Å². The van der Waals surface area contributed by atoms with Gasteiger partial charge < -0.3 is 10.2 Å². The van der Waals surface area contributed by atoms with E-state index in [1.165, 1.54) is 30.8 Å². The van der Waals surface area contributed by atoms with E-state index in [0.29, 0.717) is 5.69 Å². The van der Waals surface area contributed by atoms with Crippen LogP contribution >= 0.6 is 11.5 Å². The Kier molecular flexibility index (Phi) is 3.15. The highest BCUT2D eigenvalue weighted by Crippen LogP contribution is 2.26. The third-order valence-electron chi connectivity index (χ3n) is 2.56. The molecule has 2 rings (SSSR count). The van der Waals surface area contributed by atoms with Gasteiger partial charge in [0.05, 0.1) is 0 Å². The lowest BCUT2D eigenvalue weighted by atomic mass is 10.1. The predicted molar refractivity (Wildman–Crippen MR) is 59.4 cm³/mol. The van der Waals surface area contributed by atoms with Crippen molar-refractivity contribution in [1.82, 2.24) is 14.9 Å². The Hall–Kier alpha value is -1.17. The molecule has 0 spiro atoms. The molecule has 0 unspecified atom stereocenters. The third-order valence-corrected chi connectivity index (χ3v) is 3.34. The minimum atomic E-state index is -0.149. The number of anilines is 1. The van der Waals surface area contributed by atoms with E-state index >= 15 is 0 Å². The molecule has 0 radical (unpaired) electrons. The van der Waals surface area contributed by atoms with Crippen LogP contribution in [0.3, 0.4) is 0 Å². The van der Waals surface area contributed by atoms with Crippen molar-refractivity contribution in [3.8, 4) is 0 Å². The van der Waals surface area contributed by atoms with Crippen LogP contribution < -0.4 is 10.2 Å².